The van der Waals surface area contributed by atoms with E-state index in [0.717, 1.165) is 41.7 Å². The number of hydrogen-bond donors (Lipinski definition) is 1. The molecule has 0 radical (unpaired) electrons. The molecule has 3 rings (SSSR count). The number of nitrogens with two attached hydrogens (primary N) is 1. The molecule has 1 atom stereocenters. The van der Waals surface area contributed by atoms with E-state index >= 15 is 0 Å². The van der Waals surface area contributed by atoms with E-state index in [0.29, 0.717) is 6.61 Å². The summed E-state index contributed by atoms with van der Waals surface area (Å²) in [5, 5.41) is 1.94. The molecule has 1 aromatic carbocycles. The van der Waals surface area contributed by atoms with Crippen molar-refractivity contribution in [3.8, 4) is 5.75 Å². The quantitative estimate of drug-likeness (QED) is 0.842. The molecule has 1 aliphatic rings. The fourth-order valence-electron chi connectivity index (χ4n) is 2.27. The van der Waals surface area contributed by atoms with Gasteiger partial charge in [-0.15, -0.1) is 0 Å². The van der Waals surface area contributed by atoms with E-state index in [1.54, 1.807) is 12.4 Å². The molecule has 1 aromatic heterocycles. The average Bonchev–Trinajstić information content (AvgIpc) is 2.92. The molecule has 0 aliphatic carbocycles. The molecular formula is C14H16N2O2. The lowest BCUT2D eigenvalue weighted by Crippen LogP contribution is -2.16. The molecule has 0 amide bonds. The van der Waals surface area contributed by atoms with Crippen LogP contribution in [0.3, 0.4) is 0 Å². The third-order valence-electron chi connectivity index (χ3n) is 3.26. The summed E-state index contributed by atoms with van der Waals surface area (Å²) in [6.45, 7) is 1.44. The highest BCUT2D eigenvalue weighted by molar-refractivity contribution is 5.96. The maximum atomic E-state index is 5.94. The zero-order valence-electron chi connectivity index (χ0n) is 10.1. The van der Waals surface area contributed by atoms with Crippen molar-refractivity contribution in [3.63, 3.8) is 0 Å². The normalized spacial score (nSPS) is 19.2. The van der Waals surface area contributed by atoms with Crippen LogP contribution in [0.2, 0.25) is 0 Å². The largest absolute Gasteiger partial charge is 0.490 e. The lowest BCUT2D eigenvalue weighted by atomic mass is 10.1. The number of pyridine rings is 1. The molecule has 1 fully saturated rings. The van der Waals surface area contributed by atoms with Crippen molar-refractivity contribution in [1.29, 1.82) is 0 Å². The van der Waals surface area contributed by atoms with Crippen molar-refractivity contribution in [2.45, 2.75) is 18.9 Å². The fourth-order valence-corrected chi connectivity index (χ4v) is 2.27. The Labute approximate surface area is 106 Å². The first-order valence-electron chi connectivity index (χ1n) is 6.21. The zero-order chi connectivity index (χ0) is 12.4. The summed E-state index contributed by atoms with van der Waals surface area (Å²) in [6, 6.07) is 5.67. The number of hydrogen-bond acceptors (Lipinski definition) is 4. The van der Waals surface area contributed by atoms with E-state index in [1.165, 1.54) is 0 Å². The minimum atomic E-state index is 0.217. The highest BCUT2D eigenvalue weighted by Crippen LogP contribution is 2.29. The van der Waals surface area contributed by atoms with Crippen LogP contribution < -0.4 is 10.5 Å². The standard InChI is InChI=1S/C14H16N2O2/c15-13-3-4-14(12-8-16-6-5-11(12)13)18-9-10-2-1-7-17-10/h3-6,8,10H,1-2,7,9,15H2. The number of aromatic nitrogens is 1. The number of ether oxygens (including phenoxy) is 2. The second kappa shape index (κ2) is 4.82. The molecule has 0 bridgehead atoms. The van der Waals surface area contributed by atoms with E-state index in [-0.39, 0.29) is 6.10 Å². The molecule has 4 nitrogen and oxygen atoms in total. The smallest absolute Gasteiger partial charge is 0.128 e. The first-order chi connectivity index (χ1) is 8.84. The molecule has 1 saturated heterocycles. The Morgan fingerprint density at radius 3 is 3.11 bits per heavy atom. The minimum absolute atomic E-state index is 0.217. The van der Waals surface area contributed by atoms with E-state index in [2.05, 4.69) is 4.98 Å². The predicted molar refractivity (Wildman–Crippen MR) is 70.6 cm³/mol. The van der Waals surface area contributed by atoms with Crippen molar-refractivity contribution in [2.75, 3.05) is 18.9 Å². The molecule has 1 aliphatic heterocycles. The Bertz CT molecular complexity index is 550. The molecule has 1 unspecified atom stereocenters. The second-order valence-electron chi connectivity index (χ2n) is 4.52. The van der Waals surface area contributed by atoms with Crippen LogP contribution in [0.5, 0.6) is 5.75 Å². The van der Waals surface area contributed by atoms with Crippen molar-refractivity contribution in [2.24, 2.45) is 0 Å². The van der Waals surface area contributed by atoms with E-state index < -0.39 is 0 Å². The van der Waals surface area contributed by atoms with Crippen LogP contribution in [-0.4, -0.2) is 24.3 Å². The maximum absolute atomic E-state index is 5.94. The maximum Gasteiger partial charge on any atom is 0.128 e. The van der Waals surface area contributed by atoms with Gasteiger partial charge in [0.05, 0.1) is 6.10 Å². The van der Waals surface area contributed by atoms with Gasteiger partial charge in [-0.05, 0) is 31.0 Å². The molecule has 18 heavy (non-hydrogen) atoms. The Morgan fingerprint density at radius 2 is 2.28 bits per heavy atom. The lowest BCUT2D eigenvalue weighted by molar-refractivity contribution is 0.0685. The van der Waals surface area contributed by atoms with Gasteiger partial charge < -0.3 is 15.2 Å². The van der Waals surface area contributed by atoms with E-state index in [9.17, 15) is 0 Å². The molecule has 2 heterocycles. The van der Waals surface area contributed by atoms with E-state index in [4.69, 9.17) is 15.2 Å². The second-order valence-corrected chi connectivity index (χ2v) is 4.52. The third-order valence-corrected chi connectivity index (χ3v) is 3.26. The minimum Gasteiger partial charge on any atom is -0.490 e. The number of benzene rings is 1. The number of nitrogen functional groups attached to an aromatic ring is 1. The van der Waals surface area contributed by atoms with Crippen LogP contribution in [0.4, 0.5) is 5.69 Å². The molecule has 4 heteroatoms. The molecule has 2 N–H and O–H groups in total. The average molecular weight is 244 g/mol. The lowest BCUT2D eigenvalue weighted by Gasteiger charge is -2.13. The Kier molecular flexibility index (Phi) is 3.02. The molecule has 0 spiro atoms. The first-order valence-corrected chi connectivity index (χ1v) is 6.21. The summed E-state index contributed by atoms with van der Waals surface area (Å²) in [6.07, 6.45) is 5.94. The van der Waals surface area contributed by atoms with E-state index in [1.807, 2.05) is 18.2 Å². The summed E-state index contributed by atoms with van der Waals surface area (Å²) < 4.78 is 11.4. The number of anilines is 1. The van der Waals surface area contributed by atoms with Gasteiger partial charge in [0, 0.05) is 35.5 Å². The summed E-state index contributed by atoms with van der Waals surface area (Å²) in [7, 11) is 0. The number of fused-ring (bicyclic) bond motifs is 1. The summed E-state index contributed by atoms with van der Waals surface area (Å²) in [4.78, 5) is 4.13. The number of nitrogens with zero attached hydrogens (tertiary/aromatic N) is 1. The van der Waals surface area contributed by atoms with Crippen LogP contribution in [-0.2, 0) is 4.74 Å². The summed E-state index contributed by atoms with van der Waals surface area (Å²) >= 11 is 0. The van der Waals surface area contributed by atoms with Crippen LogP contribution in [0, 0.1) is 0 Å². The Morgan fingerprint density at radius 1 is 1.33 bits per heavy atom. The van der Waals surface area contributed by atoms with Crippen LogP contribution >= 0.6 is 0 Å². The Hall–Kier alpha value is -1.81. The van der Waals surface area contributed by atoms with Gasteiger partial charge >= 0.3 is 0 Å². The van der Waals surface area contributed by atoms with Gasteiger partial charge in [-0.25, -0.2) is 0 Å². The fraction of sp³-hybridized carbons (Fsp3) is 0.357. The predicted octanol–water partition coefficient (Wildman–Crippen LogP) is 2.37. The highest BCUT2D eigenvalue weighted by Gasteiger charge is 2.16. The molecular weight excluding hydrogens is 228 g/mol. The van der Waals surface area contributed by atoms with Gasteiger partial charge in [-0.1, -0.05) is 0 Å². The van der Waals surface area contributed by atoms with Gasteiger partial charge in [0.25, 0.3) is 0 Å². The topological polar surface area (TPSA) is 57.4 Å². The molecule has 0 saturated carbocycles. The van der Waals surface area contributed by atoms with Crippen molar-refractivity contribution < 1.29 is 9.47 Å². The third kappa shape index (κ3) is 2.11. The van der Waals surface area contributed by atoms with Gasteiger partial charge in [0.15, 0.2) is 0 Å². The van der Waals surface area contributed by atoms with Crippen molar-refractivity contribution >= 4 is 16.5 Å². The van der Waals surface area contributed by atoms with Gasteiger partial charge in [0.2, 0.25) is 0 Å². The first kappa shape index (κ1) is 11.3. The monoisotopic (exact) mass is 244 g/mol. The Balaban J connectivity index is 1.85. The van der Waals surface area contributed by atoms with Crippen molar-refractivity contribution in [1.82, 2.24) is 4.98 Å². The van der Waals surface area contributed by atoms with Crippen LogP contribution in [0.25, 0.3) is 10.8 Å². The number of rotatable bonds is 3. The van der Waals surface area contributed by atoms with Gasteiger partial charge in [-0.3, -0.25) is 4.98 Å². The van der Waals surface area contributed by atoms with Crippen LogP contribution in [0.1, 0.15) is 12.8 Å². The van der Waals surface area contributed by atoms with Crippen LogP contribution in [0.15, 0.2) is 30.6 Å². The summed E-state index contributed by atoms with van der Waals surface area (Å²) in [5.41, 5.74) is 6.68. The summed E-state index contributed by atoms with van der Waals surface area (Å²) in [5.74, 6) is 0.822. The van der Waals surface area contributed by atoms with Gasteiger partial charge in [0.1, 0.15) is 12.4 Å². The van der Waals surface area contributed by atoms with Gasteiger partial charge in [-0.2, -0.15) is 0 Å². The SMILES string of the molecule is Nc1ccc(OCC2CCCO2)c2cnccc12. The van der Waals surface area contributed by atoms with Crippen molar-refractivity contribution in [3.05, 3.63) is 30.6 Å². The highest BCUT2D eigenvalue weighted by atomic mass is 16.5. The molecule has 94 valence electrons. The zero-order valence-corrected chi connectivity index (χ0v) is 10.1. The molecule has 2 aromatic rings.